The fraction of sp³-hybridized carbons (Fsp3) is 0.600. The molecule has 1 saturated heterocycles. The standard InChI is InChI=1S/C15H23ClN2O2/c1-10-5-4-8-18(10)12(9-17)11-6-7-13(19-2)15(20-3)14(11)16/h6-7,10,12H,4-5,8-9,17H2,1-3H3. The topological polar surface area (TPSA) is 47.7 Å². The summed E-state index contributed by atoms with van der Waals surface area (Å²) in [6.07, 6.45) is 2.42. The fourth-order valence-electron chi connectivity index (χ4n) is 3.02. The second-order valence-corrected chi connectivity index (χ2v) is 5.56. The van der Waals surface area contributed by atoms with Crippen LogP contribution in [0.3, 0.4) is 0 Å². The predicted molar refractivity (Wildman–Crippen MR) is 81.8 cm³/mol. The lowest BCUT2D eigenvalue weighted by molar-refractivity contribution is 0.195. The van der Waals surface area contributed by atoms with Crippen molar-refractivity contribution in [2.24, 2.45) is 5.73 Å². The number of ether oxygens (including phenoxy) is 2. The zero-order valence-electron chi connectivity index (χ0n) is 12.4. The Kier molecular flexibility index (Phi) is 5.13. The van der Waals surface area contributed by atoms with E-state index >= 15 is 0 Å². The molecule has 2 N–H and O–H groups in total. The van der Waals surface area contributed by atoms with Crippen LogP contribution in [0.2, 0.25) is 5.02 Å². The molecule has 0 saturated carbocycles. The van der Waals surface area contributed by atoms with Gasteiger partial charge in [-0.05, 0) is 37.9 Å². The van der Waals surface area contributed by atoms with Crippen LogP contribution in [0.25, 0.3) is 0 Å². The third-order valence-electron chi connectivity index (χ3n) is 4.10. The molecule has 5 heteroatoms. The molecule has 0 aromatic heterocycles. The van der Waals surface area contributed by atoms with Gasteiger partial charge in [0.2, 0.25) is 0 Å². The van der Waals surface area contributed by atoms with E-state index in [0.717, 1.165) is 12.1 Å². The summed E-state index contributed by atoms with van der Waals surface area (Å²) in [5.41, 5.74) is 7.02. The first-order chi connectivity index (χ1) is 9.63. The molecule has 1 aromatic rings. The van der Waals surface area contributed by atoms with Gasteiger partial charge in [0.15, 0.2) is 11.5 Å². The maximum Gasteiger partial charge on any atom is 0.179 e. The smallest absolute Gasteiger partial charge is 0.179 e. The minimum atomic E-state index is 0.125. The Morgan fingerprint density at radius 3 is 2.65 bits per heavy atom. The minimum Gasteiger partial charge on any atom is -0.493 e. The van der Waals surface area contributed by atoms with Gasteiger partial charge in [-0.15, -0.1) is 0 Å². The summed E-state index contributed by atoms with van der Waals surface area (Å²) < 4.78 is 10.7. The Labute approximate surface area is 125 Å². The first-order valence-corrected chi connectivity index (χ1v) is 7.38. The van der Waals surface area contributed by atoms with Crippen LogP contribution in [0, 0.1) is 0 Å². The quantitative estimate of drug-likeness (QED) is 0.908. The largest absolute Gasteiger partial charge is 0.493 e. The lowest BCUT2D eigenvalue weighted by Gasteiger charge is -2.31. The summed E-state index contributed by atoms with van der Waals surface area (Å²) in [5.74, 6) is 1.23. The number of nitrogens with zero attached hydrogens (tertiary/aromatic N) is 1. The molecule has 0 radical (unpaired) electrons. The Bertz CT molecular complexity index is 467. The summed E-state index contributed by atoms with van der Waals surface area (Å²) in [6, 6.07) is 4.54. The van der Waals surface area contributed by atoms with E-state index in [4.69, 9.17) is 26.8 Å². The highest BCUT2D eigenvalue weighted by Crippen LogP contribution is 2.41. The number of methoxy groups -OCH3 is 2. The highest BCUT2D eigenvalue weighted by molar-refractivity contribution is 6.33. The van der Waals surface area contributed by atoms with Crippen molar-refractivity contribution in [2.75, 3.05) is 27.3 Å². The van der Waals surface area contributed by atoms with Crippen LogP contribution in [0.4, 0.5) is 0 Å². The molecule has 0 amide bonds. The highest BCUT2D eigenvalue weighted by atomic mass is 35.5. The Morgan fingerprint density at radius 2 is 2.15 bits per heavy atom. The van der Waals surface area contributed by atoms with Crippen molar-refractivity contribution in [3.63, 3.8) is 0 Å². The number of halogens is 1. The summed E-state index contributed by atoms with van der Waals surface area (Å²) in [5, 5.41) is 0.599. The van der Waals surface area contributed by atoms with Gasteiger partial charge in [0.25, 0.3) is 0 Å². The van der Waals surface area contributed by atoms with E-state index in [-0.39, 0.29) is 6.04 Å². The van der Waals surface area contributed by atoms with Crippen LogP contribution in [-0.4, -0.2) is 38.3 Å². The molecule has 2 rings (SSSR count). The van der Waals surface area contributed by atoms with Gasteiger partial charge in [-0.1, -0.05) is 17.7 Å². The van der Waals surface area contributed by atoms with Crippen molar-refractivity contribution in [2.45, 2.75) is 31.8 Å². The summed E-state index contributed by atoms with van der Waals surface area (Å²) >= 11 is 6.51. The average molecular weight is 299 g/mol. The molecule has 0 bridgehead atoms. The SMILES string of the molecule is COc1ccc(C(CN)N2CCCC2C)c(Cl)c1OC. The third kappa shape index (κ3) is 2.73. The first-order valence-electron chi connectivity index (χ1n) is 7.00. The van der Waals surface area contributed by atoms with Gasteiger partial charge in [0.1, 0.15) is 0 Å². The van der Waals surface area contributed by atoms with Gasteiger partial charge in [0.05, 0.1) is 19.2 Å². The van der Waals surface area contributed by atoms with Crippen molar-refractivity contribution in [1.82, 2.24) is 4.90 Å². The molecule has 1 aliphatic rings. The predicted octanol–water partition coefficient (Wildman–Crippen LogP) is 2.84. The van der Waals surface area contributed by atoms with Gasteiger partial charge in [-0.25, -0.2) is 0 Å². The molecule has 2 unspecified atom stereocenters. The van der Waals surface area contributed by atoms with Crippen LogP contribution in [0.1, 0.15) is 31.4 Å². The maximum atomic E-state index is 6.51. The van der Waals surface area contributed by atoms with Gasteiger partial charge < -0.3 is 15.2 Å². The van der Waals surface area contributed by atoms with Crippen LogP contribution >= 0.6 is 11.6 Å². The molecule has 4 nitrogen and oxygen atoms in total. The normalized spacial score (nSPS) is 20.9. The Morgan fingerprint density at radius 1 is 1.40 bits per heavy atom. The Balaban J connectivity index is 2.39. The number of hydrogen-bond donors (Lipinski definition) is 1. The lowest BCUT2D eigenvalue weighted by Crippen LogP contribution is -2.36. The second-order valence-electron chi connectivity index (χ2n) is 5.18. The van der Waals surface area contributed by atoms with Gasteiger partial charge in [0, 0.05) is 18.6 Å². The summed E-state index contributed by atoms with van der Waals surface area (Å²) in [6.45, 7) is 3.84. The zero-order chi connectivity index (χ0) is 14.7. The number of likely N-dealkylation sites (tertiary alicyclic amines) is 1. The molecular weight excluding hydrogens is 276 g/mol. The fourth-order valence-corrected chi connectivity index (χ4v) is 3.38. The van der Waals surface area contributed by atoms with Crippen molar-refractivity contribution in [3.05, 3.63) is 22.7 Å². The first kappa shape index (κ1) is 15.4. The molecule has 0 spiro atoms. The molecular formula is C15H23ClN2O2. The van der Waals surface area contributed by atoms with Crippen molar-refractivity contribution in [1.29, 1.82) is 0 Å². The molecule has 1 fully saturated rings. The van der Waals surface area contributed by atoms with Crippen LogP contribution in [-0.2, 0) is 0 Å². The average Bonchev–Trinajstić information content (AvgIpc) is 2.87. The van der Waals surface area contributed by atoms with E-state index in [9.17, 15) is 0 Å². The van der Waals surface area contributed by atoms with E-state index < -0.39 is 0 Å². The van der Waals surface area contributed by atoms with E-state index in [1.54, 1.807) is 14.2 Å². The third-order valence-corrected chi connectivity index (χ3v) is 4.49. The number of hydrogen-bond acceptors (Lipinski definition) is 4. The molecule has 1 aromatic carbocycles. The zero-order valence-corrected chi connectivity index (χ0v) is 13.1. The van der Waals surface area contributed by atoms with Crippen molar-refractivity contribution < 1.29 is 9.47 Å². The van der Waals surface area contributed by atoms with Crippen LogP contribution in [0.15, 0.2) is 12.1 Å². The molecule has 1 heterocycles. The van der Waals surface area contributed by atoms with E-state index in [1.165, 1.54) is 12.8 Å². The van der Waals surface area contributed by atoms with E-state index in [1.807, 2.05) is 12.1 Å². The number of benzene rings is 1. The lowest BCUT2D eigenvalue weighted by atomic mass is 10.0. The van der Waals surface area contributed by atoms with E-state index in [0.29, 0.717) is 29.1 Å². The van der Waals surface area contributed by atoms with E-state index in [2.05, 4.69) is 11.8 Å². The molecule has 0 aliphatic carbocycles. The summed E-state index contributed by atoms with van der Waals surface area (Å²) in [4.78, 5) is 2.42. The highest BCUT2D eigenvalue weighted by Gasteiger charge is 2.30. The Hall–Kier alpha value is -0.970. The summed E-state index contributed by atoms with van der Waals surface area (Å²) in [7, 11) is 3.21. The second kappa shape index (κ2) is 6.66. The maximum absolute atomic E-state index is 6.51. The minimum absolute atomic E-state index is 0.125. The molecule has 20 heavy (non-hydrogen) atoms. The monoisotopic (exact) mass is 298 g/mol. The number of nitrogens with two attached hydrogens (primary N) is 1. The van der Waals surface area contributed by atoms with Crippen LogP contribution < -0.4 is 15.2 Å². The van der Waals surface area contributed by atoms with Crippen molar-refractivity contribution in [3.8, 4) is 11.5 Å². The van der Waals surface area contributed by atoms with Crippen LogP contribution in [0.5, 0.6) is 11.5 Å². The molecule has 2 atom stereocenters. The van der Waals surface area contributed by atoms with Gasteiger partial charge in [-0.2, -0.15) is 0 Å². The molecule has 1 aliphatic heterocycles. The van der Waals surface area contributed by atoms with Gasteiger partial charge in [-0.3, -0.25) is 4.90 Å². The van der Waals surface area contributed by atoms with Gasteiger partial charge >= 0.3 is 0 Å². The molecule has 112 valence electrons. The number of rotatable bonds is 5. The van der Waals surface area contributed by atoms with Crippen molar-refractivity contribution >= 4 is 11.6 Å².